The SMILES string of the molecule is SCc1noc2c1CCc1sccc1-2. The van der Waals surface area contributed by atoms with E-state index in [2.05, 4.69) is 29.2 Å². The summed E-state index contributed by atoms with van der Waals surface area (Å²) < 4.78 is 5.37. The molecule has 0 aromatic carbocycles. The van der Waals surface area contributed by atoms with Gasteiger partial charge in [-0.2, -0.15) is 12.6 Å². The first kappa shape index (κ1) is 8.56. The first-order chi connectivity index (χ1) is 6.90. The molecule has 4 heteroatoms. The average molecular weight is 223 g/mol. The molecule has 14 heavy (non-hydrogen) atoms. The number of thiophene rings is 1. The molecule has 0 unspecified atom stereocenters. The quantitative estimate of drug-likeness (QED) is 0.752. The highest BCUT2D eigenvalue weighted by molar-refractivity contribution is 7.79. The van der Waals surface area contributed by atoms with E-state index in [4.69, 9.17) is 4.52 Å². The minimum atomic E-state index is 0.665. The fourth-order valence-corrected chi connectivity index (χ4v) is 3.04. The van der Waals surface area contributed by atoms with Crippen LogP contribution in [0.2, 0.25) is 0 Å². The van der Waals surface area contributed by atoms with Crippen LogP contribution in [0.5, 0.6) is 0 Å². The Hall–Kier alpha value is -0.740. The lowest BCUT2D eigenvalue weighted by atomic mass is 9.96. The van der Waals surface area contributed by atoms with Gasteiger partial charge in [-0.05, 0) is 24.3 Å². The zero-order valence-corrected chi connectivity index (χ0v) is 9.20. The number of aryl methyl sites for hydroxylation is 1. The summed E-state index contributed by atoms with van der Waals surface area (Å²) >= 11 is 6.04. The Morgan fingerprint density at radius 2 is 2.43 bits per heavy atom. The molecule has 2 heterocycles. The second-order valence-corrected chi connectivity index (χ2v) is 4.67. The van der Waals surface area contributed by atoms with Crippen molar-refractivity contribution in [3.05, 3.63) is 27.6 Å². The zero-order valence-electron chi connectivity index (χ0n) is 7.49. The number of fused-ring (bicyclic) bond motifs is 3. The second kappa shape index (κ2) is 3.14. The Labute approximate surface area is 91.3 Å². The summed E-state index contributed by atoms with van der Waals surface area (Å²) in [4.78, 5) is 1.42. The maximum atomic E-state index is 5.37. The molecule has 0 fully saturated rings. The van der Waals surface area contributed by atoms with Crippen molar-refractivity contribution >= 4 is 24.0 Å². The molecule has 1 aliphatic carbocycles. The van der Waals surface area contributed by atoms with Crippen LogP contribution in [-0.2, 0) is 18.6 Å². The average Bonchev–Trinajstić information content (AvgIpc) is 2.82. The Kier molecular flexibility index (Phi) is 1.92. The van der Waals surface area contributed by atoms with Gasteiger partial charge in [0.1, 0.15) is 0 Å². The smallest absolute Gasteiger partial charge is 0.171 e. The van der Waals surface area contributed by atoms with Crippen LogP contribution in [0.3, 0.4) is 0 Å². The first-order valence-electron chi connectivity index (χ1n) is 4.55. The molecule has 0 atom stereocenters. The van der Waals surface area contributed by atoms with Gasteiger partial charge < -0.3 is 4.52 Å². The molecule has 72 valence electrons. The second-order valence-electron chi connectivity index (χ2n) is 3.35. The van der Waals surface area contributed by atoms with E-state index in [1.807, 2.05) is 0 Å². The summed E-state index contributed by atoms with van der Waals surface area (Å²) in [7, 11) is 0. The van der Waals surface area contributed by atoms with Gasteiger partial charge in [0.15, 0.2) is 5.76 Å². The molecule has 0 aliphatic heterocycles. The molecule has 0 spiro atoms. The fourth-order valence-electron chi connectivity index (χ4n) is 1.91. The molecule has 2 aromatic rings. The summed E-state index contributed by atoms with van der Waals surface area (Å²) in [6, 6.07) is 2.12. The topological polar surface area (TPSA) is 26.0 Å². The van der Waals surface area contributed by atoms with Gasteiger partial charge in [-0.15, -0.1) is 11.3 Å². The van der Waals surface area contributed by atoms with Crippen molar-refractivity contribution in [1.29, 1.82) is 0 Å². The third-order valence-corrected chi connectivity index (χ3v) is 3.89. The van der Waals surface area contributed by atoms with Gasteiger partial charge in [-0.1, -0.05) is 5.16 Å². The largest absolute Gasteiger partial charge is 0.356 e. The molecule has 3 rings (SSSR count). The third-order valence-electron chi connectivity index (χ3n) is 2.61. The lowest BCUT2D eigenvalue weighted by Crippen LogP contribution is -2.00. The molecule has 0 bridgehead atoms. The van der Waals surface area contributed by atoms with E-state index in [9.17, 15) is 0 Å². The summed E-state index contributed by atoms with van der Waals surface area (Å²) in [5, 5.41) is 6.16. The number of nitrogens with zero attached hydrogens (tertiary/aromatic N) is 1. The predicted octanol–water partition coefficient (Wildman–Crippen LogP) is 2.93. The number of aromatic nitrogens is 1. The van der Waals surface area contributed by atoms with Crippen molar-refractivity contribution in [2.75, 3.05) is 0 Å². The first-order valence-corrected chi connectivity index (χ1v) is 6.06. The molecular formula is C10H9NOS2. The van der Waals surface area contributed by atoms with Gasteiger partial charge in [0, 0.05) is 21.8 Å². The van der Waals surface area contributed by atoms with Crippen LogP contribution in [0.25, 0.3) is 11.3 Å². The van der Waals surface area contributed by atoms with Crippen molar-refractivity contribution in [2.45, 2.75) is 18.6 Å². The van der Waals surface area contributed by atoms with Gasteiger partial charge in [0.2, 0.25) is 0 Å². The monoisotopic (exact) mass is 223 g/mol. The predicted molar refractivity (Wildman–Crippen MR) is 59.9 cm³/mol. The van der Waals surface area contributed by atoms with Crippen molar-refractivity contribution in [3.63, 3.8) is 0 Å². The molecular weight excluding hydrogens is 214 g/mol. The molecule has 0 saturated heterocycles. The molecule has 0 N–H and O–H groups in total. The molecule has 0 amide bonds. The highest BCUT2D eigenvalue weighted by Gasteiger charge is 2.24. The Morgan fingerprint density at radius 1 is 1.50 bits per heavy atom. The zero-order chi connectivity index (χ0) is 9.54. The highest BCUT2D eigenvalue weighted by atomic mass is 32.1. The van der Waals surface area contributed by atoms with Crippen LogP contribution in [0.1, 0.15) is 16.1 Å². The Morgan fingerprint density at radius 3 is 3.29 bits per heavy atom. The van der Waals surface area contributed by atoms with E-state index in [1.165, 1.54) is 16.0 Å². The normalized spacial score (nSPS) is 13.8. The van der Waals surface area contributed by atoms with Crippen LogP contribution >= 0.6 is 24.0 Å². The number of thiol groups is 1. The minimum Gasteiger partial charge on any atom is -0.356 e. The van der Waals surface area contributed by atoms with E-state index in [0.717, 1.165) is 24.3 Å². The van der Waals surface area contributed by atoms with Crippen LogP contribution in [0.15, 0.2) is 16.0 Å². The van der Waals surface area contributed by atoms with Crippen molar-refractivity contribution in [3.8, 4) is 11.3 Å². The van der Waals surface area contributed by atoms with Crippen LogP contribution in [-0.4, -0.2) is 5.16 Å². The molecule has 2 nitrogen and oxygen atoms in total. The van der Waals surface area contributed by atoms with Crippen molar-refractivity contribution in [1.82, 2.24) is 5.16 Å². The number of hydrogen-bond donors (Lipinski definition) is 1. The lowest BCUT2D eigenvalue weighted by Gasteiger charge is -2.09. The van der Waals surface area contributed by atoms with Crippen LogP contribution < -0.4 is 0 Å². The molecule has 2 aromatic heterocycles. The van der Waals surface area contributed by atoms with Crippen molar-refractivity contribution in [2.24, 2.45) is 0 Å². The Bertz CT molecular complexity index is 472. The summed E-state index contributed by atoms with van der Waals surface area (Å²) in [6.07, 6.45) is 2.16. The molecule has 1 aliphatic rings. The van der Waals surface area contributed by atoms with E-state index < -0.39 is 0 Å². The maximum absolute atomic E-state index is 5.37. The summed E-state index contributed by atoms with van der Waals surface area (Å²) in [5.41, 5.74) is 3.49. The molecule has 0 saturated carbocycles. The van der Waals surface area contributed by atoms with E-state index in [1.54, 1.807) is 11.3 Å². The van der Waals surface area contributed by atoms with Crippen LogP contribution in [0.4, 0.5) is 0 Å². The maximum Gasteiger partial charge on any atom is 0.171 e. The van der Waals surface area contributed by atoms with E-state index in [-0.39, 0.29) is 0 Å². The fraction of sp³-hybridized carbons (Fsp3) is 0.300. The number of hydrogen-bond acceptors (Lipinski definition) is 4. The Balaban J connectivity index is 2.22. The van der Waals surface area contributed by atoms with Gasteiger partial charge in [0.05, 0.1) is 5.69 Å². The van der Waals surface area contributed by atoms with Gasteiger partial charge in [-0.3, -0.25) is 0 Å². The lowest BCUT2D eigenvalue weighted by molar-refractivity contribution is 0.425. The van der Waals surface area contributed by atoms with E-state index in [0.29, 0.717) is 5.75 Å². The standard InChI is InChI=1S/C10H9NOS2/c13-5-8-6-1-2-9-7(3-4-14-9)10(6)12-11-8/h3-4,13H,1-2,5H2. The minimum absolute atomic E-state index is 0.665. The highest BCUT2D eigenvalue weighted by Crippen LogP contribution is 2.38. The summed E-state index contributed by atoms with van der Waals surface area (Å²) in [5.74, 6) is 1.63. The van der Waals surface area contributed by atoms with E-state index >= 15 is 0 Å². The van der Waals surface area contributed by atoms with Gasteiger partial charge >= 0.3 is 0 Å². The van der Waals surface area contributed by atoms with Crippen molar-refractivity contribution < 1.29 is 4.52 Å². The molecule has 0 radical (unpaired) electrons. The van der Waals surface area contributed by atoms with Gasteiger partial charge in [0.25, 0.3) is 0 Å². The summed E-state index contributed by atoms with van der Waals surface area (Å²) in [6.45, 7) is 0. The number of rotatable bonds is 1. The van der Waals surface area contributed by atoms with Crippen LogP contribution in [0, 0.1) is 0 Å². The third kappa shape index (κ3) is 1.07. The van der Waals surface area contributed by atoms with Gasteiger partial charge in [-0.25, -0.2) is 0 Å².